The Morgan fingerprint density at radius 2 is 1.61 bits per heavy atom. The van der Waals surface area contributed by atoms with Crippen LogP contribution in [0.2, 0.25) is 0 Å². The summed E-state index contributed by atoms with van der Waals surface area (Å²) in [5.74, 6) is 0.988. The van der Waals surface area contributed by atoms with Crippen LogP contribution in [0.5, 0.6) is 17.2 Å². The minimum absolute atomic E-state index is 0.0532. The van der Waals surface area contributed by atoms with Gasteiger partial charge in [-0.25, -0.2) is 0 Å². The fourth-order valence-electron chi connectivity index (χ4n) is 7.91. The predicted octanol–water partition coefficient (Wildman–Crippen LogP) is 8.04. The average Bonchev–Trinajstić information content (AvgIpc) is 3.78. The molecule has 0 saturated heterocycles. The maximum atomic E-state index is 14.4. The summed E-state index contributed by atoms with van der Waals surface area (Å²) >= 11 is 0. The number of aromatic hydroxyl groups is 2. The van der Waals surface area contributed by atoms with E-state index in [4.69, 9.17) is 4.74 Å². The summed E-state index contributed by atoms with van der Waals surface area (Å²) in [6.07, 6.45) is 11.2. The quantitative estimate of drug-likeness (QED) is 0.0911. The van der Waals surface area contributed by atoms with Crippen LogP contribution in [0.4, 0.5) is 5.82 Å². The topological polar surface area (TPSA) is 127 Å². The number of aromatic amines is 2. The summed E-state index contributed by atoms with van der Waals surface area (Å²) in [6, 6.07) is 23.7. The normalized spacial score (nSPS) is 17.9. The molecule has 5 N–H and O–H groups in total. The van der Waals surface area contributed by atoms with Crippen molar-refractivity contribution in [3.63, 3.8) is 0 Å². The summed E-state index contributed by atoms with van der Waals surface area (Å²) in [5.41, 5.74) is 9.12. The van der Waals surface area contributed by atoms with Crippen LogP contribution in [-0.4, -0.2) is 45.4 Å². The third kappa shape index (κ3) is 7.80. The number of methoxy groups -OCH3 is 1. The van der Waals surface area contributed by atoms with Gasteiger partial charge in [-0.15, -0.1) is 0 Å². The molecule has 3 aromatic carbocycles. The Labute approximate surface area is 298 Å². The van der Waals surface area contributed by atoms with E-state index in [1.807, 2.05) is 36.7 Å². The monoisotopic (exact) mass is 683 g/mol. The van der Waals surface area contributed by atoms with Crippen LogP contribution in [0.3, 0.4) is 0 Å². The molecule has 0 radical (unpaired) electrons. The Morgan fingerprint density at radius 3 is 2.43 bits per heavy atom. The molecule has 0 fully saturated rings. The largest absolute Gasteiger partial charge is 0.508 e. The Morgan fingerprint density at radius 1 is 0.804 bits per heavy atom. The lowest BCUT2D eigenvalue weighted by atomic mass is 9.71. The molecule has 8 nitrogen and oxygen atoms in total. The number of carbonyl (C=O) groups is 2. The molecule has 4 bridgehead atoms. The first-order valence-corrected chi connectivity index (χ1v) is 17.9. The van der Waals surface area contributed by atoms with Crippen molar-refractivity contribution in [3.05, 3.63) is 135 Å². The van der Waals surface area contributed by atoms with Gasteiger partial charge in [0, 0.05) is 55.4 Å². The number of H-pyrrole nitrogens is 2. The van der Waals surface area contributed by atoms with E-state index in [0.717, 1.165) is 81.7 Å². The van der Waals surface area contributed by atoms with Crippen LogP contribution < -0.4 is 10.1 Å². The Kier molecular flexibility index (Phi) is 10.1. The molecule has 8 heteroatoms. The van der Waals surface area contributed by atoms with Crippen molar-refractivity contribution >= 4 is 23.5 Å². The van der Waals surface area contributed by atoms with Gasteiger partial charge >= 0.3 is 0 Å². The number of phenolic OH excluding ortho intramolecular Hbond substituents is 2. The molecule has 2 aromatic heterocycles. The van der Waals surface area contributed by atoms with Crippen molar-refractivity contribution < 1.29 is 24.5 Å². The van der Waals surface area contributed by atoms with E-state index >= 15 is 0 Å². The maximum Gasteiger partial charge on any atom is 0.161 e. The van der Waals surface area contributed by atoms with Gasteiger partial charge in [-0.2, -0.15) is 0 Å². The smallest absolute Gasteiger partial charge is 0.161 e. The van der Waals surface area contributed by atoms with Crippen LogP contribution in [-0.2, 0) is 35.3 Å². The maximum absolute atomic E-state index is 14.4. The van der Waals surface area contributed by atoms with Crippen molar-refractivity contribution in [2.24, 2.45) is 5.92 Å². The van der Waals surface area contributed by atoms with Crippen molar-refractivity contribution in [3.8, 4) is 17.2 Å². The number of Topliss-reactive ketones (excluding diaryl/α,β-unsaturated/α-hetero) is 2. The molecule has 0 unspecified atom stereocenters. The van der Waals surface area contributed by atoms with Crippen LogP contribution >= 0.6 is 0 Å². The fourth-order valence-corrected chi connectivity index (χ4v) is 7.91. The van der Waals surface area contributed by atoms with Gasteiger partial charge < -0.3 is 30.2 Å². The highest BCUT2D eigenvalue weighted by Gasteiger charge is 2.37. The summed E-state index contributed by atoms with van der Waals surface area (Å²) in [7, 11) is 1.53. The molecule has 0 spiro atoms. The Balaban J connectivity index is 1.20. The highest BCUT2D eigenvalue weighted by Crippen LogP contribution is 2.43. The third-order valence-corrected chi connectivity index (χ3v) is 10.4. The molecular formula is C43H45N3O5. The molecule has 2 atom stereocenters. The molecule has 5 aromatic rings. The van der Waals surface area contributed by atoms with Crippen molar-refractivity contribution in [1.29, 1.82) is 0 Å². The molecular weight excluding hydrogens is 638 g/mol. The van der Waals surface area contributed by atoms with Crippen LogP contribution in [0, 0.1) is 5.92 Å². The number of aromatic nitrogens is 2. The molecule has 0 amide bonds. The van der Waals surface area contributed by atoms with Crippen molar-refractivity contribution in [2.45, 2.75) is 63.7 Å². The first kappa shape index (κ1) is 34.0. The number of unbranched alkanes of at least 4 members (excludes halogenated alkanes) is 1. The number of carbonyl (C=O) groups excluding carboxylic acids is 2. The number of anilines is 1. The molecule has 2 aliphatic rings. The zero-order valence-corrected chi connectivity index (χ0v) is 29.0. The van der Waals surface area contributed by atoms with E-state index in [1.54, 1.807) is 18.2 Å². The van der Waals surface area contributed by atoms with E-state index in [1.165, 1.54) is 7.11 Å². The summed E-state index contributed by atoms with van der Waals surface area (Å²) in [6.45, 7) is 0.460. The van der Waals surface area contributed by atoms with Gasteiger partial charge in [-0.1, -0.05) is 48.9 Å². The number of hydrogen-bond donors (Lipinski definition) is 5. The molecule has 262 valence electrons. The number of ketones is 2. The lowest BCUT2D eigenvalue weighted by molar-refractivity contribution is -0.129. The molecule has 3 heterocycles. The highest BCUT2D eigenvalue weighted by atomic mass is 16.5. The first-order valence-electron chi connectivity index (χ1n) is 17.9. The lowest BCUT2D eigenvalue weighted by Gasteiger charge is -2.32. The average molecular weight is 684 g/mol. The number of hydrogen-bond acceptors (Lipinski definition) is 6. The van der Waals surface area contributed by atoms with Gasteiger partial charge in [0.05, 0.1) is 13.5 Å². The Hall–Kier alpha value is -5.50. The fraction of sp³-hybridized carbons (Fsp3) is 0.302. The molecule has 51 heavy (non-hydrogen) atoms. The predicted molar refractivity (Wildman–Crippen MR) is 200 cm³/mol. The van der Waals surface area contributed by atoms with E-state index in [9.17, 15) is 19.8 Å². The Bertz CT molecular complexity index is 2070. The summed E-state index contributed by atoms with van der Waals surface area (Å²) < 4.78 is 5.53. The van der Waals surface area contributed by atoms with E-state index in [-0.39, 0.29) is 41.8 Å². The number of benzene rings is 3. The third-order valence-electron chi connectivity index (χ3n) is 10.4. The lowest BCUT2D eigenvalue weighted by Crippen LogP contribution is -2.31. The number of aryl methyl sites for hydroxylation is 2. The van der Waals surface area contributed by atoms with Crippen molar-refractivity contribution in [1.82, 2.24) is 9.97 Å². The standard InChI is InChI=1S/C43H45N3O5/c1-51-40-23-30-12-13-35(48)25-39(49)41-33(24-38-36(15-17-44-38)37(41)11-3-2-6-27-7-5-10-34(47)22-27)26-46-43-31(14-16-45-43)19-28-8-4-9-29(18-28)20-32(21-30)42(40)50/h4-5,7-10,14-18,21-24,37,41,44-47,50H,2-3,6,11-13,19-20,25-26H2,1H3/t37-,41+/m0/s1. The number of rotatable bonds is 6. The second-order valence-electron chi connectivity index (χ2n) is 14.0. The number of phenols is 2. The van der Waals surface area contributed by atoms with Gasteiger partial charge in [0.2, 0.25) is 0 Å². The van der Waals surface area contributed by atoms with E-state index < -0.39 is 5.92 Å². The molecule has 0 saturated carbocycles. The minimum atomic E-state index is -0.442. The van der Waals surface area contributed by atoms with Crippen LogP contribution in [0.25, 0.3) is 6.08 Å². The summed E-state index contributed by atoms with van der Waals surface area (Å²) in [4.78, 5) is 34.7. The van der Waals surface area contributed by atoms with Gasteiger partial charge in [0.15, 0.2) is 11.5 Å². The minimum Gasteiger partial charge on any atom is -0.508 e. The van der Waals surface area contributed by atoms with Crippen LogP contribution in [0.1, 0.15) is 82.7 Å². The summed E-state index contributed by atoms with van der Waals surface area (Å²) in [5, 5.41) is 24.6. The van der Waals surface area contributed by atoms with Gasteiger partial charge in [0.25, 0.3) is 0 Å². The highest BCUT2D eigenvalue weighted by molar-refractivity contribution is 6.02. The number of nitrogens with one attached hydrogen (secondary N) is 3. The zero-order valence-electron chi connectivity index (χ0n) is 29.0. The molecule has 7 rings (SSSR count). The van der Waals surface area contributed by atoms with Gasteiger partial charge in [-0.3, -0.25) is 9.59 Å². The first-order chi connectivity index (χ1) is 24.8. The number of ether oxygens (including phenoxy) is 1. The SMILES string of the molecule is COc1cc2cc(c1O)Cc1cccc(c1)Cc1cc[nH]c1NCC1=Cc3[nH]ccc3[C@H](CCCCc3cccc(O)c3)[C@@H]1C(=O)CC(=O)CC2. The molecule has 1 aliphatic heterocycles. The van der Waals surface area contributed by atoms with Crippen LogP contribution in [0.15, 0.2) is 90.8 Å². The number of fused-ring (bicyclic) bond motifs is 7. The van der Waals surface area contributed by atoms with E-state index in [2.05, 4.69) is 51.7 Å². The second kappa shape index (κ2) is 15.2. The van der Waals surface area contributed by atoms with Gasteiger partial charge in [-0.05, 0) is 107 Å². The molecule has 1 aliphatic carbocycles. The van der Waals surface area contributed by atoms with Gasteiger partial charge in [0.1, 0.15) is 23.1 Å². The van der Waals surface area contributed by atoms with E-state index in [0.29, 0.717) is 31.6 Å². The second-order valence-corrected chi connectivity index (χ2v) is 14.0. The zero-order chi connectivity index (χ0) is 35.3. The van der Waals surface area contributed by atoms with Crippen molar-refractivity contribution in [2.75, 3.05) is 19.0 Å².